The average molecular weight is 168 g/mol. The molecule has 0 fully saturated rings. The molecule has 66 valence electrons. The van der Waals surface area contributed by atoms with E-state index in [1.165, 1.54) is 6.20 Å². The fraction of sp³-hybridized carbons (Fsp3) is 0.500. The van der Waals surface area contributed by atoms with Crippen LogP contribution in [0.3, 0.4) is 0 Å². The molecule has 0 aliphatic heterocycles. The summed E-state index contributed by atoms with van der Waals surface area (Å²) in [6, 6.07) is 0.193. The lowest BCUT2D eigenvalue weighted by Crippen LogP contribution is -2.12. The standard InChI is InChI=1S/C8H12N2O2/c1-3-6(2)10-5-4-9-7(10)8(11)12/h4-6H,3H2,1-2H3,(H,11,12)/t6-/m1/s1. The van der Waals surface area contributed by atoms with Gasteiger partial charge < -0.3 is 9.67 Å². The highest BCUT2D eigenvalue weighted by molar-refractivity contribution is 5.83. The van der Waals surface area contributed by atoms with Gasteiger partial charge in [-0.2, -0.15) is 0 Å². The number of carboxylic acids is 1. The predicted molar refractivity (Wildman–Crippen MR) is 44.2 cm³/mol. The SMILES string of the molecule is CC[C@@H](C)n1ccnc1C(=O)O. The second kappa shape index (κ2) is 3.38. The van der Waals surface area contributed by atoms with Gasteiger partial charge in [-0.05, 0) is 13.3 Å². The van der Waals surface area contributed by atoms with Gasteiger partial charge in [0.2, 0.25) is 5.82 Å². The van der Waals surface area contributed by atoms with E-state index in [4.69, 9.17) is 5.11 Å². The Kier molecular flexibility index (Phi) is 2.47. The third-order valence-electron chi connectivity index (χ3n) is 1.93. The van der Waals surface area contributed by atoms with Crippen molar-refractivity contribution in [1.82, 2.24) is 9.55 Å². The van der Waals surface area contributed by atoms with Gasteiger partial charge in [0, 0.05) is 18.4 Å². The molecular weight excluding hydrogens is 156 g/mol. The molecule has 1 N–H and O–H groups in total. The molecule has 0 amide bonds. The Hall–Kier alpha value is -1.32. The summed E-state index contributed by atoms with van der Waals surface area (Å²) >= 11 is 0. The number of hydrogen-bond donors (Lipinski definition) is 1. The molecule has 0 bridgehead atoms. The van der Waals surface area contributed by atoms with Gasteiger partial charge in [-0.15, -0.1) is 0 Å². The normalized spacial score (nSPS) is 12.8. The molecule has 0 saturated carbocycles. The Bertz CT molecular complexity index is 280. The summed E-state index contributed by atoms with van der Waals surface area (Å²) < 4.78 is 1.67. The van der Waals surface area contributed by atoms with Crippen LogP contribution in [0.15, 0.2) is 12.4 Å². The first-order valence-corrected chi connectivity index (χ1v) is 3.93. The zero-order valence-electron chi connectivity index (χ0n) is 7.19. The molecule has 0 aliphatic rings. The fourth-order valence-corrected chi connectivity index (χ4v) is 1.03. The largest absolute Gasteiger partial charge is 0.475 e. The van der Waals surface area contributed by atoms with E-state index in [2.05, 4.69) is 4.98 Å². The summed E-state index contributed by atoms with van der Waals surface area (Å²) in [6.07, 6.45) is 4.10. The molecule has 4 heteroatoms. The van der Waals surface area contributed by atoms with Crippen LogP contribution in [0.1, 0.15) is 36.9 Å². The maximum atomic E-state index is 10.6. The Morgan fingerprint density at radius 1 is 1.83 bits per heavy atom. The number of carbonyl (C=O) groups is 1. The third-order valence-corrected chi connectivity index (χ3v) is 1.93. The summed E-state index contributed by atoms with van der Waals surface area (Å²) in [7, 11) is 0. The molecule has 0 unspecified atom stereocenters. The summed E-state index contributed by atoms with van der Waals surface area (Å²) in [4.78, 5) is 14.4. The van der Waals surface area contributed by atoms with Crippen molar-refractivity contribution in [2.45, 2.75) is 26.3 Å². The number of aromatic nitrogens is 2. The summed E-state index contributed by atoms with van der Waals surface area (Å²) in [5.74, 6) is -0.857. The van der Waals surface area contributed by atoms with E-state index in [0.717, 1.165) is 6.42 Å². The monoisotopic (exact) mass is 168 g/mol. The van der Waals surface area contributed by atoms with Gasteiger partial charge in [0.25, 0.3) is 0 Å². The maximum absolute atomic E-state index is 10.6. The van der Waals surface area contributed by atoms with Crippen molar-refractivity contribution in [2.24, 2.45) is 0 Å². The Morgan fingerprint density at radius 2 is 2.50 bits per heavy atom. The molecule has 1 heterocycles. The van der Waals surface area contributed by atoms with Crippen molar-refractivity contribution in [3.8, 4) is 0 Å². The van der Waals surface area contributed by atoms with Gasteiger partial charge in [0.1, 0.15) is 0 Å². The van der Waals surface area contributed by atoms with E-state index in [0.29, 0.717) is 0 Å². The Labute approximate surface area is 70.9 Å². The fourth-order valence-electron chi connectivity index (χ4n) is 1.03. The third kappa shape index (κ3) is 1.47. The lowest BCUT2D eigenvalue weighted by molar-refractivity contribution is 0.0675. The lowest BCUT2D eigenvalue weighted by Gasteiger charge is -2.11. The quantitative estimate of drug-likeness (QED) is 0.745. The van der Waals surface area contributed by atoms with E-state index in [9.17, 15) is 4.79 Å². The van der Waals surface area contributed by atoms with Crippen molar-refractivity contribution < 1.29 is 9.90 Å². The van der Waals surface area contributed by atoms with Gasteiger partial charge in [0.15, 0.2) is 0 Å². The highest BCUT2D eigenvalue weighted by Crippen LogP contribution is 2.11. The molecule has 0 aromatic carbocycles. The van der Waals surface area contributed by atoms with Crippen LogP contribution in [0.25, 0.3) is 0 Å². The van der Waals surface area contributed by atoms with Crippen molar-refractivity contribution in [3.63, 3.8) is 0 Å². The summed E-state index contributed by atoms with van der Waals surface area (Å²) in [6.45, 7) is 3.98. The van der Waals surface area contributed by atoms with E-state index >= 15 is 0 Å². The Balaban J connectivity index is 2.98. The minimum atomic E-state index is -0.972. The van der Waals surface area contributed by atoms with E-state index in [1.54, 1.807) is 10.8 Å². The molecule has 0 saturated heterocycles. The minimum Gasteiger partial charge on any atom is -0.475 e. The second-order valence-corrected chi connectivity index (χ2v) is 2.72. The van der Waals surface area contributed by atoms with Crippen molar-refractivity contribution in [1.29, 1.82) is 0 Å². The molecule has 1 aromatic rings. The molecular formula is C8H12N2O2. The highest BCUT2D eigenvalue weighted by Gasteiger charge is 2.13. The number of aromatic carboxylic acids is 1. The van der Waals surface area contributed by atoms with Crippen molar-refractivity contribution in [3.05, 3.63) is 18.2 Å². The van der Waals surface area contributed by atoms with Crippen LogP contribution >= 0.6 is 0 Å². The minimum absolute atomic E-state index is 0.115. The summed E-state index contributed by atoms with van der Waals surface area (Å²) in [5.41, 5.74) is 0. The van der Waals surface area contributed by atoms with Crippen LogP contribution in [0.2, 0.25) is 0 Å². The van der Waals surface area contributed by atoms with Crippen LogP contribution in [0, 0.1) is 0 Å². The lowest BCUT2D eigenvalue weighted by atomic mass is 10.2. The number of hydrogen-bond acceptors (Lipinski definition) is 2. The Morgan fingerprint density at radius 3 is 3.00 bits per heavy atom. The molecule has 4 nitrogen and oxygen atoms in total. The maximum Gasteiger partial charge on any atom is 0.372 e. The molecule has 0 radical (unpaired) electrons. The molecule has 0 spiro atoms. The average Bonchev–Trinajstić information content (AvgIpc) is 2.50. The van der Waals surface area contributed by atoms with Crippen LogP contribution in [-0.4, -0.2) is 20.6 Å². The molecule has 12 heavy (non-hydrogen) atoms. The van der Waals surface area contributed by atoms with Gasteiger partial charge in [-0.1, -0.05) is 6.92 Å². The first-order chi connectivity index (χ1) is 5.66. The smallest absolute Gasteiger partial charge is 0.372 e. The number of carboxylic acid groups (broad SMARTS) is 1. The van der Waals surface area contributed by atoms with Gasteiger partial charge in [-0.3, -0.25) is 0 Å². The summed E-state index contributed by atoms with van der Waals surface area (Å²) in [5, 5.41) is 8.72. The van der Waals surface area contributed by atoms with E-state index < -0.39 is 5.97 Å². The second-order valence-electron chi connectivity index (χ2n) is 2.72. The van der Waals surface area contributed by atoms with E-state index in [-0.39, 0.29) is 11.9 Å². The van der Waals surface area contributed by atoms with Crippen molar-refractivity contribution in [2.75, 3.05) is 0 Å². The number of imidazole rings is 1. The topological polar surface area (TPSA) is 55.1 Å². The van der Waals surface area contributed by atoms with Crippen LogP contribution in [0.4, 0.5) is 0 Å². The molecule has 1 atom stereocenters. The molecule has 1 rings (SSSR count). The molecule has 0 aliphatic carbocycles. The first kappa shape index (κ1) is 8.77. The zero-order valence-corrected chi connectivity index (χ0v) is 7.19. The van der Waals surface area contributed by atoms with Gasteiger partial charge in [-0.25, -0.2) is 9.78 Å². The molecule has 1 aromatic heterocycles. The van der Waals surface area contributed by atoms with E-state index in [1.807, 2.05) is 13.8 Å². The van der Waals surface area contributed by atoms with Gasteiger partial charge >= 0.3 is 5.97 Å². The number of rotatable bonds is 3. The van der Waals surface area contributed by atoms with Crippen molar-refractivity contribution >= 4 is 5.97 Å². The zero-order chi connectivity index (χ0) is 9.14. The van der Waals surface area contributed by atoms with Crippen LogP contribution in [-0.2, 0) is 0 Å². The first-order valence-electron chi connectivity index (χ1n) is 3.93. The highest BCUT2D eigenvalue weighted by atomic mass is 16.4. The van der Waals surface area contributed by atoms with Crippen LogP contribution in [0.5, 0.6) is 0 Å². The van der Waals surface area contributed by atoms with Crippen LogP contribution < -0.4 is 0 Å². The number of nitrogens with zero attached hydrogens (tertiary/aromatic N) is 2. The van der Waals surface area contributed by atoms with Gasteiger partial charge in [0.05, 0.1) is 0 Å². The predicted octanol–water partition coefficient (Wildman–Crippen LogP) is 1.55.